The van der Waals surface area contributed by atoms with Gasteiger partial charge < -0.3 is 25.0 Å². The van der Waals surface area contributed by atoms with Gasteiger partial charge in [-0.2, -0.15) is 0 Å². The maximum atomic E-state index is 14.4. The number of methoxy groups -OCH3 is 1. The second-order valence-electron chi connectivity index (χ2n) is 5.92. The van der Waals surface area contributed by atoms with Crippen LogP contribution < -0.4 is 20.3 Å². The van der Waals surface area contributed by atoms with Gasteiger partial charge in [0.2, 0.25) is 0 Å². The minimum atomic E-state index is -0.354. The summed E-state index contributed by atoms with van der Waals surface area (Å²) in [5.41, 5.74) is 1.92. The Bertz CT molecular complexity index is 746. The Kier molecular flexibility index (Phi) is 5.91. The lowest BCUT2D eigenvalue weighted by molar-refractivity contribution is 0.122. The van der Waals surface area contributed by atoms with Crippen molar-refractivity contribution in [2.75, 3.05) is 43.6 Å². The average Bonchev–Trinajstić information content (AvgIpc) is 2.68. The number of carbonyl (C=O) groups excluding carboxylic acids is 1. The standard InChI is InChI=1S/C19H22FN3O3/c1-25-16-5-3-15(4-6-16)22-19(24)21-13-14-2-7-18(17(20)12-14)23-8-10-26-11-9-23/h2-7,12H,8-11,13H2,1H3,(H2,21,22,24). The Morgan fingerprint density at radius 2 is 1.92 bits per heavy atom. The molecule has 0 aliphatic carbocycles. The van der Waals surface area contributed by atoms with Gasteiger partial charge in [0, 0.05) is 25.3 Å². The van der Waals surface area contributed by atoms with E-state index in [-0.39, 0.29) is 18.4 Å². The summed E-state index contributed by atoms with van der Waals surface area (Å²) < 4.78 is 24.7. The van der Waals surface area contributed by atoms with Crippen LogP contribution >= 0.6 is 0 Å². The smallest absolute Gasteiger partial charge is 0.319 e. The zero-order valence-corrected chi connectivity index (χ0v) is 14.6. The van der Waals surface area contributed by atoms with Gasteiger partial charge in [-0.25, -0.2) is 9.18 Å². The summed E-state index contributed by atoms with van der Waals surface area (Å²) in [6.45, 7) is 2.81. The topological polar surface area (TPSA) is 62.8 Å². The first-order valence-electron chi connectivity index (χ1n) is 8.46. The summed E-state index contributed by atoms with van der Waals surface area (Å²) in [7, 11) is 1.58. The monoisotopic (exact) mass is 359 g/mol. The number of nitrogens with one attached hydrogen (secondary N) is 2. The zero-order valence-electron chi connectivity index (χ0n) is 14.6. The lowest BCUT2D eigenvalue weighted by atomic mass is 10.1. The average molecular weight is 359 g/mol. The SMILES string of the molecule is COc1ccc(NC(=O)NCc2ccc(N3CCOCC3)c(F)c2)cc1. The van der Waals surface area contributed by atoms with Crippen molar-refractivity contribution in [3.8, 4) is 5.75 Å². The molecule has 138 valence electrons. The van der Waals surface area contributed by atoms with Crippen LogP contribution in [0, 0.1) is 5.82 Å². The third-order valence-electron chi connectivity index (χ3n) is 4.16. The number of rotatable bonds is 5. The molecule has 1 heterocycles. The molecule has 2 aromatic rings. The highest BCUT2D eigenvalue weighted by Crippen LogP contribution is 2.21. The number of urea groups is 1. The van der Waals surface area contributed by atoms with Gasteiger partial charge in [-0.1, -0.05) is 6.07 Å². The molecule has 0 spiro atoms. The summed E-state index contributed by atoms with van der Waals surface area (Å²) >= 11 is 0. The molecule has 0 atom stereocenters. The second kappa shape index (κ2) is 8.53. The van der Waals surface area contributed by atoms with Crippen molar-refractivity contribution in [1.29, 1.82) is 0 Å². The van der Waals surface area contributed by atoms with Crippen LogP contribution in [0.3, 0.4) is 0 Å². The Labute approximate surface area is 151 Å². The number of benzene rings is 2. The van der Waals surface area contributed by atoms with Gasteiger partial charge in [0.1, 0.15) is 11.6 Å². The van der Waals surface area contributed by atoms with E-state index >= 15 is 0 Å². The molecule has 26 heavy (non-hydrogen) atoms. The number of halogens is 1. The molecule has 1 fully saturated rings. The number of carbonyl (C=O) groups is 1. The number of amides is 2. The largest absolute Gasteiger partial charge is 0.497 e. The van der Waals surface area contributed by atoms with Crippen molar-refractivity contribution in [3.05, 3.63) is 53.8 Å². The van der Waals surface area contributed by atoms with Gasteiger partial charge in [-0.3, -0.25) is 0 Å². The minimum Gasteiger partial charge on any atom is -0.497 e. The highest BCUT2D eigenvalue weighted by atomic mass is 19.1. The first kappa shape index (κ1) is 18.0. The van der Waals surface area contributed by atoms with Crippen LogP contribution in [0.2, 0.25) is 0 Å². The predicted octanol–water partition coefficient (Wildman–Crippen LogP) is 2.99. The number of anilines is 2. The molecule has 3 rings (SSSR count). The van der Waals surface area contributed by atoms with Crippen LogP contribution in [0.1, 0.15) is 5.56 Å². The van der Waals surface area contributed by atoms with E-state index in [0.29, 0.717) is 49.0 Å². The van der Waals surface area contributed by atoms with Crippen molar-refractivity contribution >= 4 is 17.4 Å². The van der Waals surface area contributed by atoms with Crippen LogP contribution in [0.4, 0.5) is 20.6 Å². The zero-order chi connectivity index (χ0) is 18.4. The Morgan fingerprint density at radius 3 is 2.58 bits per heavy atom. The van der Waals surface area contributed by atoms with Gasteiger partial charge >= 0.3 is 6.03 Å². The van der Waals surface area contributed by atoms with Gasteiger partial charge in [-0.15, -0.1) is 0 Å². The number of morpholine rings is 1. The predicted molar refractivity (Wildman–Crippen MR) is 98.3 cm³/mol. The third-order valence-corrected chi connectivity index (χ3v) is 4.16. The van der Waals surface area contributed by atoms with E-state index in [1.54, 1.807) is 37.4 Å². The Hall–Kier alpha value is -2.80. The van der Waals surface area contributed by atoms with E-state index in [2.05, 4.69) is 10.6 Å². The van der Waals surface area contributed by atoms with Crippen molar-refractivity contribution in [1.82, 2.24) is 5.32 Å². The van der Waals surface area contributed by atoms with Crippen molar-refractivity contribution in [2.24, 2.45) is 0 Å². The van der Waals surface area contributed by atoms with E-state index in [9.17, 15) is 9.18 Å². The Balaban J connectivity index is 1.53. The van der Waals surface area contributed by atoms with Crippen molar-refractivity contribution < 1.29 is 18.7 Å². The molecule has 6 nitrogen and oxygen atoms in total. The van der Waals surface area contributed by atoms with Gasteiger partial charge in [0.05, 0.1) is 26.0 Å². The van der Waals surface area contributed by atoms with Crippen molar-refractivity contribution in [2.45, 2.75) is 6.54 Å². The molecule has 0 aromatic heterocycles. The first-order chi connectivity index (χ1) is 12.7. The summed E-state index contributed by atoms with van der Waals surface area (Å²) in [6, 6.07) is 11.7. The Morgan fingerprint density at radius 1 is 1.19 bits per heavy atom. The molecule has 1 aliphatic heterocycles. The molecule has 2 amide bonds. The van der Waals surface area contributed by atoms with E-state index in [1.165, 1.54) is 6.07 Å². The van der Waals surface area contributed by atoms with Crippen LogP contribution in [0.25, 0.3) is 0 Å². The molecule has 0 bridgehead atoms. The molecule has 0 saturated carbocycles. The molecule has 0 unspecified atom stereocenters. The summed E-state index contributed by atoms with van der Waals surface area (Å²) in [5.74, 6) is 0.425. The van der Waals surface area contributed by atoms with E-state index < -0.39 is 0 Å². The maximum absolute atomic E-state index is 14.4. The molecule has 2 aromatic carbocycles. The fourth-order valence-corrected chi connectivity index (χ4v) is 2.75. The maximum Gasteiger partial charge on any atom is 0.319 e. The molecule has 0 radical (unpaired) electrons. The number of nitrogens with zero attached hydrogens (tertiary/aromatic N) is 1. The van der Waals surface area contributed by atoms with E-state index in [0.717, 1.165) is 0 Å². The first-order valence-corrected chi connectivity index (χ1v) is 8.46. The van der Waals surface area contributed by atoms with E-state index in [4.69, 9.17) is 9.47 Å². The lowest BCUT2D eigenvalue weighted by Gasteiger charge is -2.29. The molecule has 7 heteroatoms. The van der Waals surface area contributed by atoms with Crippen molar-refractivity contribution in [3.63, 3.8) is 0 Å². The van der Waals surface area contributed by atoms with Crippen LogP contribution in [0.5, 0.6) is 5.75 Å². The quantitative estimate of drug-likeness (QED) is 0.862. The molecule has 1 aliphatic rings. The van der Waals surface area contributed by atoms with Gasteiger partial charge in [0.15, 0.2) is 0 Å². The normalized spacial score (nSPS) is 14.0. The highest BCUT2D eigenvalue weighted by Gasteiger charge is 2.15. The van der Waals surface area contributed by atoms with Crippen LogP contribution in [0.15, 0.2) is 42.5 Å². The van der Waals surface area contributed by atoms with Gasteiger partial charge in [-0.05, 0) is 42.0 Å². The summed E-state index contributed by atoms with van der Waals surface area (Å²) in [6.07, 6.45) is 0. The van der Waals surface area contributed by atoms with Crippen LogP contribution in [-0.4, -0.2) is 39.4 Å². The van der Waals surface area contributed by atoms with Gasteiger partial charge in [0.25, 0.3) is 0 Å². The second-order valence-corrected chi connectivity index (χ2v) is 5.92. The van der Waals surface area contributed by atoms with E-state index in [1.807, 2.05) is 11.0 Å². The molecular weight excluding hydrogens is 337 g/mol. The summed E-state index contributed by atoms with van der Waals surface area (Å²) in [4.78, 5) is 13.9. The third kappa shape index (κ3) is 4.64. The molecular formula is C19H22FN3O3. The number of hydrogen-bond acceptors (Lipinski definition) is 4. The fraction of sp³-hybridized carbons (Fsp3) is 0.316. The highest BCUT2D eigenvalue weighted by molar-refractivity contribution is 5.89. The van der Waals surface area contributed by atoms with Crippen LogP contribution in [-0.2, 0) is 11.3 Å². The fourth-order valence-electron chi connectivity index (χ4n) is 2.75. The molecule has 2 N–H and O–H groups in total. The molecule has 1 saturated heterocycles. The minimum absolute atomic E-state index is 0.238. The lowest BCUT2D eigenvalue weighted by Crippen LogP contribution is -2.36. The summed E-state index contributed by atoms with van der Waals surface area (Å²) in [5, 5.41) is 5.44. The number of ether oxygens (including phenoxy) is 2. The number of hydrogen-bond donors (Lipinski definition) is 2.